The van der Waals surface area contributed by atoms with Crippen LogP contribution in [0.4, 0.5) is 0 Å². The SMILES string of the molecule is CCOCCCn1c(CNC2CC2)cnc1C. The molecule has 4 nitrogen and oxygen atoms in total. The van der Waals surface area contributed by atoms with E-state index in [0.29, 0.717) is 0 Å². The van der Waals surface area contributed by atoms with Crippen LogP contribution in [0.1, 0.15) is 37.7 Å². The Morgan fingerprint density at radius 1 is 1.53 bits per heavy atom. The quantitative estimate of drug-likeness (QED) is 0.702. The van der Waals surface area contributed by atoms with Gasteiger partial charge in [-0.2, -0.15) is 0 Å². The Morgan fingerprint density at radius 2 is 2.35 bits per heavy atom. The van der Waals surface area contributed by atoms with Gasteiger partial charge in [0, 0.05) is 38.5 Å². The molecule has 4 heteroatoms. The highest BCUT2D eigenvalue weighted by Crippen LogP contribution is 2.19. The van der Waals surface area contributed by atoms with Crippen molar-refractivity contribution < 1.29 is 4.74 Å². The van der Waals surface area contributed by atoms with Crippen molar-refractivity contribution in [2.45, 2.75) is 52.2 Å². The van der Waals surface area contributed by atoms with Crippen LogP contribution in [0.2, 0.25) is 0 Å². The maximum atomic E-state index is 5.37. The molecular formula is C13H23N3O. The van der Waals surface area contributed by atoms with Gasteiger partial charge < -0.3 is 14.6 Å². The molecule has 1 saturated carbocycles. The topological polar surface area (TPSA) is 39.1 Å². The van der Waals surface area contributed by atoms with E-state index in [1.165, 1.54) is 18.5 Å². The number of rotatable bonds is 8. The minimum atomic E-state index is 0.752. The maximum absolute atomic E-state index is 5.37. The van der Waals surface area contributed by atoms with Gasteiger partial charge in [-0.25, -0.2) is 4.98 Å². The van der Waals surface area contributed by atoms with Crippen LogP contribution in [-0.4, -0.2) is 28.8 Å². The zero-order valence-electron chi connectivity index (χ0n) is 10.9. The Morgan fingerprint density at radius 3 is 3.06 bits per heavy atom. The first-order valence-corrected chi connectivity index (χ1v) is 6.63. The first-order valence-electron chi connectivity index (χ1n) is 6.63. The lowest BCUT2D eigenvalue weighted by Crippen LogP contribution is -2.19. The van der Waals surface area contributed by atoms with Crippen molar-refractivity contribution in [2.75, 3.05) is 13.2 Å². The van der Waals surface area contributed by atoms with Crippen LogP contribution in [0.15, 0.2) is 6.20 Å². The molecule has 1 aliphatic rings. The van der Waals surface area contributed by atoms with Crippen LogP contribution in [0.25, 0.3) is 0 Å². The highest BCUT2D eigenvalue weighted by Gasteiger charge is 2.20. The molecule has 1 aromatic heterocycles. The first kappa shape index (κ1) is 12.6. The first-order chi connectivity index (χ1) is 8.31. The van der Waals surface area contributed by atoms with Gasteiger partial charge in [-0.05, 0) is 33.1 Å². The summed E-state index contributed by atoms with van der Waals surface area (Å²) in [5.74, 6) is 1.11. The normalized spacial score (nSPS) is 15.4. The largest absolute Gasteiger partial charge is 0.382 e. The lowest BCUT2D eigenvalue weighted by Gasteiger charge is -2.10. The summed E-state index contributed by atoms with van der Waals surface area (Å²) in [6.07, 6.45) is 5.71. The molecule has 1 N–H and O–H groups in total. The fraction of sp³-hybridized carbons (Fsp3) is 0.769. The molecule has 0 aromatic carbocycles. The number of aromatic nitrogens is 2. The average molecular weight is 237 g/mol. The summed E-state index contributed by atoms with van der Waals surface area (Å²) in [5, 5.41) is 3.54. The molecule has 0 aliphatic heterocycles. The summed E-state index contributed by atoms with van der Waals surface area (Å²) in [4.78, 5) is 4.40. The van der Waals surface area contributed by atoms with E-state index in [9.17, 15) is 0 Å². The second kappa shape index (κ2) is 6.17. The summed E-state index contributed by atoms with van der Waals surface area (Å²) in [6.45, 7) is 7.70. The Bertz CT molecular complexity index is 344. The molecule has 0 unspecified atom stereocenters. The number of hydrogen-bond acceptors (Lipinski definition) is 3. The standard InChI is InChI=1S/C13H23N3O/c1-3-17-8-4-7-16-11(2)14-9-13(16)10-15-12-5-6-12/h9,12,15H,3-8,10H2,1-2H3. The van der Waals surface area contributed by atoms with Crippen molar-refractivity contribution in [3.8, 4) is 0 Å². The van der Waals surface area contributed by atoms with Crippen LogP contribution in [0.3, 0.4) is 0 Å². The van der Waals surface area contributed by atoms with Crippen molar-refractivity contribution in [2.24, 2.45) is 0 Å². The fourth-order valence-electron chi connectivity index (χ4n) is 1.97. The van der Waals surface area contributed by atoms with E-state index in [1.54, 1.807) is 0 Å². The molecule has 0 atom stereocenters. The molecular weight excluding hydrogens is 214 g/mol. The van der Waals surface area contributed by atoms with E-state index >= 15 is 0 Å². The number of nitrogens with zero attached hydrogens (tertiary/aromatic N) is 2. The molecule has 0 radical (unpaired) electrons. The van der Waals surface area contributed by atoms with E-state index < -0.39 is 0 Å². The van der Waals surface area contributed by atoms with Crippen LogP contribution >= 0.6 is 0 Å². The summed E-state index contributed by atoms with van der Waals surface area (Å²) >= 11 is 0. The number of imidazole rings is 1. The fourth-order valence-corrected chi connectivity index (χ4v) is 1.97. The van der Waals surface area contributed by atoms with Gasteiger partial charge >= 0.3 is 0 Å². The average Bonchev–Trinajstić information content (AvgIpc) is 3.09. The smallest absolute Gasteiger partial charge is 0.105 e. The Balaban J connectivity index is 1.82. The lowest BCUT2D eigenvalue weighted by molar-refractivity contribution is 0.141. The van der Waals surface area contributed by atoms with E-state index in [1.807, 2.05) is 13.1 Å². The summed E-state index contributed by atoms with van der Waals surface area (Å²) in [6, 6.07) is 0.752. The summed E-state index contributed by atoms with van der Waals surface area (Å²) in [7, 11) is 0. The minimum Gasteiger partial charge on any atom is -0.382 e. The van der Waals surface area contributed by atoms with E-state index in [4.69, 9.17) is 4.74 Å². The molecule has 1 fully saturated rings. The Kier molecular flexibility index (Phi) is 4.57. The monoisotopic (exact) mass is 237 g/mol. The van der Waals surface area contributed by atoms with Crippen molar-refractivity contribution >= 4 is 0 Å². The third-order valence-electron chi connectivity index (χ3n) is 3.16. The van der Waals surface area contributed by atoms with Crippen LogP contribution in [-0.2, 0) is 17.8 Å². The van der Waals surface area contributed by atoms with Crippen molar-refractivity contribution in [1.82, 2.24) is 14.9 Å². The molecule has 0 spiro atoms. The van der Waals surface area contributed by atoms with Gasteiger partial charge in [0.2, 0.25) is 0 Å². The molecule has 0 saturated heterocycles. The number of nitrogens with one attached hydrogen (secondary N) is 1. The van der Waals surface area contributed by atoms with E-state index in [-0.39, 0.29) is 0 Å². The third kappa shape index (κ3) is 3.82. The predicted molar refractivity (Wildman–Crippen MR) is 67.9 cm³/mol. The van der Waals surface area contributed by atoms with Gasteiger partial charge in [0.05, 0.1) is 5.69 Å². The van der Waals surface area contributed by atoms with Crippen LogP contribution in [0.5, 0.6) is 0 Å². The molecule has 17 heavy (non-hydrogen) atoms. The predicted octanol–water partition coefficient (Wildman–Crippen LogP) is 1.87. The molecule has 1 heterocycles. The van der Waals surface area contributed by atoms with Gasteiger partial charge in [0.15, 0.2) is 0 Å². The summed E-state index contributed by atoms with van der Waals surface area (Å²) < 4.78 is 7.67. The van der Waals surface area contributed by atoms with Crippen LogP contribution < -0.4 is 5.32 Å². The highest BCUT2D eigenvalue weighted by atomic mass is 16.5. The zero-order chi connectivity index (χ0) is 12.1. The van der Waals surface area contributed by atoms with Gasteiger partial charge in [-0.1, -0.05) is 0 Å². The number of aryl methyl sites for hydroxylation is 1. The van der Waals surface area contributed by atoms with Gasteiger partial charge in [0.25, 0.3) is 0 Å². The second-order valence-electron chi connectivity index (χ2n) is 4.65. The number of hydrogen-bond donors (Lipinski definition) is 1. The lowest BCUT2D eigenvalue weighted by atomic mass is 10.4. The van der Waals surface area contributed by atoms with Gasteiger partial charge in [-0.3, -0.25) is 0 Å². The number of ether oxygens (including phenoxy) is 1. The molecule has 96 valence electrons. The van der Waals surface area contributed by atoms with E-state index in [2.05, 4.69) is 21.8 Å². The zero-order valence-corrected chi connectivity index (χ0v) is 10.9. The summed E-state index contributed by atoms with van der Waals surface area (Å²) in [5.41, 5.74) is 1.30. The Labute approximate surface area is 103 Å². The van der Waals surface area contributed by atoms with E-state index in [0.717, 1.165) is 44.6 Å². The molecule has 0 amide bonds. The van der Waals surface area contributed by atoms with Gasteiger partial charge in [-0.15, -0.1) is 0 Å². The minimum absolute atomic E-state index is 0.752. The van der Waals surface area contributed by atoms with Crippen LogP contribution in [0, 0.1) is 6.92 Å². The van der Waals surface area contributed by atoms with Crippen molar-refractivity contribution in [3.63, 3.8) is 0 Å². The highest BCUT2D eigenvalue weighted by molar-refractivity contribution is 5.05. The van der Waals surface area contributed by atoms with Crippen molar-refractivity contribution in [1.29, 1.82) is 0 Å². The Hall–Kier alpha value is -0.870. The molecule has 1 aromatic rings. The molecule has 0 bridgehead atoms. The molecule has 1 aliphatic carbocycles. The van der Waals surface area contributed by atoms with Crippen molar-refractivity contribution in [3.05, 3.63) is 17.7 Å². The van der Waals surface area contributed by atoms with Gasteiger partial charge in [0.1, 0.15) is 5.82 Å². The maximum Gasteiger partial charge on any atom is 0.105 e. The third-order valence-corrected chi connectivity index (χ3v) is 3.16. The second-order valence-corrected chi connectivity index (χ2v) is 4.65. The molecule has 2 rings (SSSR count).